The average Bonchev–Trinajstić information content (AvgIpc) is 2.43. The van der Waals surface area contributed by atoms with Crippen LogP contribution in [-0.4, -0.2) is 49.5 Å². The van der Waals surface area contributed by atoms with Crippen LogP contribution < -0.4 is 5.32 Å². The molecule has 7 heteroatoms. The Bertz CT molecular complexity index is 604. The average molecular weight is 298 g/mol. The summed E-state index contributed by atoms with van der Waals surface area (Å²) in [6.07, 6.45) is 0.522. The quantitative estimate of drug-likeness (QED) is 0.831. The molecule has 1 aromatic rings. The van der Waals surface area contributed by atoms with E-state index in [2.05, 4.69) is 5.32 Å². The Morgan fingerprint density at radius 3 is 2.35 bits per heavy atom. The molecular formula is C13H18N2O4S. The normalized spacial score (nSPS) is 18.4. The number of rotatable bonds is 4. The van der Waals surface area contributed by atoms with Crippen molar-refractivity contribution in [2.75, 3.05) is 20.1 Å². The largest absolute Gasteiger partial charge is 0.387 e. The molecule has 1 heterocycles. The van der Waals surface area contributed by atoms with Gasteiger partial charge in [-0.2, -0.15) is 4.31 Å². The number of amides is 1. The van der Waals surface area contributed by atoms with Crippen LogP contribution in [0.25, 0.3) is 0 Å². The summed E-state index contributed by atoms with van der Waals surface area (Å²) < 4.78 is 25.8. The Labute approximate surface area is 118 Å². The number of aliphatic hydroxyl groups is 1. The summed E-state index contributed by atoms with van der Waals surface area (Å²) in [6.45, 7) is 2.05. The Morgan fingerprint density at radius 1 is 1.35 bits per heavy atom. The molecule has 0 spiro atoms. The lowest BCUT2D eigenvalue weighted by molar-refractivity contribution is -0.0613. The molecule has 1 fully saturated rings. The Kier molecular flexibility index (Phi) is 3.86. The minimum atomic E-state index is -3.59. The molecule has 20 heavy (non-hydrogen) atoms. The van der Waals surface area contributed by atoms with E-state index in [1.54, 1.807) is 0 Å². The van der Waals surface area contributed by atoms with Crippen molar-refractivity contribution in [2.24, 2.45) is 0 Å². The van der Waals surface area contributed by atoms with Crippen molar-refractivity contribution in [3.8, 4) is 0 Å². The van der Waals surface area contributed by atoms with Crippen LogP contribution in [0, 0.1) is 0 Å². The van der Waals surface area contributed by atoms with E-state index in [-0.39, 0.29) is 23.9 Å². The summed E-state index contributed by atoms with van der Waals surface area (Å²) >= 11 is 0. The molecule has 2 rings (SSSR count). The number of β-amino-alcohol motifs (C(OH)–C–C–N with tert-alkyl or cyclic N) is 1. The van der Waals surface area contributed by atoms with Crippen molar-refractivity contribution in [1.82, 2.24) is 9.62 Å². The number of nitrogens with one attached hydrogen (secondary N) is 1. The highest BCUT2D eigenvalue weighted by Gasteiger charge is 2.45. The standard InChI is InChI=1S/C13H18N2O4S/c1-3-13(17)8-15(9-13)20(18,19)11-6-4-10(5-7-11)12(16)14-2/h4-7,17H,3,8-9H2,1-2H3,(H,14,16). The van der Waals surface area contributed by atoms with E-state index in [1.807, 2.05) is 6.92 Å². The first-order valence-electron chi connectivity index (χ1n) is 6.37. The molecule has 0 bridgehead atoms. The summed E-state index contributed by atoms with van der Waals surface area (Å²) in [5.41, 5.74) is -0.505. The molecule has 0 aromatic heterocycles. The molecule has 0 radical (unpaired) electrons. The Balaban J connectivity index is 2.17. The second-order valence-corrected chi connectivity index (χ2v) is 6.89. The van der Waals surface area contributed by atoms with Crippen molar-refractivity contribution in [3.05, 3.63) is 29.8 Å². The monoisotopic (exact) mass is 298 g/mol. The van der Waals surface area contributed by atoms with Crippen molar-refractivity contribution in [1.29, 1.82) is 0 Å². The zero-order valence-electron chi connectivity index (χ0n) is 11.5. The summed E-state index contributed by atoms with van der Waals surface area (Å²) in [7, 11) is -2.08. The minimum absolute atomic E-state index is 0.114. The van der Waals surface area contributed by atoms with Crippen LogP contribution in [0.15, 0.2) is 29.2 Å². The highest BCUT2D eigenvalue weighted by Crippen LogP contribution is 2.30. The van der Waals surface area contributed by atoms with Crippen LogP contribution in [-0.2, 0) is 10.0 Å². The van der Waals surface area contributed by atoms with E-state index < -0.39 is 15.6 Å². The summed E-state index contributed by atoms with van der Waals surface area (Å²) in [5, 5.41) is 12.4. The van der Waals surface area contributed by atoms with Gasteiger partial charge in [-0.15, -0.1) is 0 Å². The van der Waals surface area contributed by atoms with Crippen LogP contribution in [0.1, 0.15) is 23.7 Å². The molecule has 1 aliphatic rings. The maximum absolute atomic E-state index is 12.3. The second-order valence-electron chi connectivity index (χ2n) is 4.95. The van der Waals surface area contributed by atoms with Gasteiger partial charge in [0, 0.05) is 25.7 Å². The fraction of sp³-hybridized carbons (Fsp3) is 0.462. The SMILES string of the molecule is CCC1(O)CN(S(=O)(=O)c2ccc(C(=O)NC)cc2)C1. The Hall–Kier alpha value is -1.44. The van der Waals surface area contributed by atoms with E-state index in [4.69, 9.17) is 0 Å². The fourth-order valence-electron chi connectivity index (χ4n) is 2.08. The predicted molar refractivity (Wildman–Crippen MR) is 73.8 cm³/mol. The van der Waals surface area contributed by atoms with E-state index in [0.717, 1.165) is 0 Å². The van der Waals surface area contributed by atoms with Gasteiger partial charge < -0.3 is 10.4 Å². The van der Waals surface area contributed by atoms with Gasteiger partial charge in [-0.25, -0.2) is 8.42 Å². The summed E-state index contributed by atoms with van der Waals surface area (Å²) in [4.78, 5) is 11.5. The predicted octanol–water partition coefficient (Wildman–Crippen LogP) is 0.192. The number of carbonyl (C=O) groups excluding carboxylic acids is 1. The number of benzene rings is 1. The van der Waals surface area contributed by atoms with Gasteiger partial charge in [-0.1, -0.05) is 6.92 Å². The molecule has 1 amide bonds. The van der Waals surface area contributed by atoms with Crippen molar-refractivity contribution in [3.63, 3.8) is 0 Å². The molecule has 110 valence electrons. The highest BCUT2D eigenvalue weighted by atomic mass is 32.2. The first-order chi connectivity index (χ1) is 9.32. The van der Waals surface area contributed by atoms with Crippen LogP contribution in [0.2, 0.25) is 0 Å². The van der Waals surface area contributed by atoms with Gasteiger partial charge in [-0.3, -0.25) is 4.79 Å². The van der Waals surface area contributed by atoms with E-state index in [9.17, 15) is 18.3 Å². The molecule has 2 N–H and O–H groups in total. The van der Waals surface area contributed by atoms with Gasteiger partial charge >= 0.3 is 0 Å². The molecule has 1 aliphatic heterocycles. The van der Waals surface area contributed by atoms with Crippen molar-refractivity contribution < 1.29 is 18.3 Å². The zero-order valence-corrected chi connectivity index (χ0v) is 12.3. The van der Waals surface area contributed by atoms with Crippen molar-refractivity contribution >= 4 is 15.9 Å². The number of hydrogen-bond donors (Lipinski definition) is 2. The first-order valence-corrected chi connectivity index (χ1v) is 7.81. The maximum Gasteiger partial charge on any atom is 0.251 e. The van der Waals surface area contributed by atoms with Gasteiger partial charge in [-0.05, 0) is 30.7 Å². The van der Waals surface area contributed by atoms with Crippen LogP contribution in [0.4, 0.5) is 0 Å². The minimum Gasteiger partial charge on any atom is -0.387 e. The second kappa shape index (κ2) is 5.16. The lowest BCUT2D eigenvalue weighted by Crippen LogP contribution is -2.62. The first kappa shape index (κ1) is 15.0. The lowest BCUT2D eigenvalue weighted by atomic mass is 9.94. The highest BCUT2D eigenvalue weighted by molar-refractivity contribution is 7.89. The van der Waals surface area contributed by atoms with E-state index >= 15 is 0 Å². The van der Waals surface area contributed by atoms with Crippen LogP contribution in [0.5, 0.6) is 0 Å². The third kappa shape index (κ3) is 2.56. The topological polar surface area (TPSA) is 86.7 Å². The van der Waals surface area contributed by atoms with E-state index in [0.29, 0.717) is 12.0 Å². The molecule has 0 atom stereocenters. The molecular weight excluding hydrogens is 280 g/mol. The smallest absolute Gasteiger partial charge is 0.251 e. The molecule has 0 aliphatic carbocycles. The third-order valence-corrected chi connectivity index (χ3v) is 5.39. The number of nitrogens with zero attached hydrogens (tertiary/aromatic N) is 1. The van der Waals surface area contributed by atoms with Crippen molar-refractivity contribution in [2.45, 2.75) is 23.8 Å². The molecule has 0 unspecified atom stereocenters. The van der Waals surface area contributed by atoms with Crippen LogP contribution in [0.3, 0.4) is 0 Å². The zero-order chi connectivity index (χ0) is 15.0. The maximum atomic E-state index is 12.3. The number of carbonyl (C=O) groups is 1. The number of hydrogen-bond acceptors (Lipinski definition) is 4. The van der Waals surface area contributed by atoms with Crippen LogP contribution >= 0.6 is 0 Å². The third-order valence-electron chi connectivity index (χ3n) is 3.58. The lowest BCUT2D eigenvalue weighted by Gasteiger charge is -2.44. The van der Waals surface area contributed by atoms with Gasteiger partial charge in [0.2, 0.25) is 10.0 Å². The van der Waals surface area contributed by atoms with Gasteiger partial charge in [0.25, 0.3) is 5.91 Å². The number of sulfonamides is 1. The van der Waals surface area contributed by atoms with E-state index in [1.165, 1.54) is 35.6 Å². The molecule has 0 saturated carbocycles. The Morgan fingerprint density at radius 2 is 1.90 bits per heavy atom. The summed E-state index contributed by atoms with van der Waals surface area (Å²) in [6, 6.07) is 5.75. The molecule has 6 nitrogen and oxygen atoms in total. The summed E-state index contributed by atoms with van der Waals surface area (Å²) in [5.74, 6) is -0.266. The molecule has 1 saturated heterocycles. The fourth-order valence-corrected chi connectivity index (χ4v) is 3.67. The van der Waals surface area contributed by atoms with Gasteiger partial charge in [0.15, 0.2) is 0 Å². The van der Waals surface area contributed by atoms with Gasteiger partial charge in [0.1, 0.15) is 0 Å². The van der Waals surface area contributed by atoms with Gasteiger partial charge in [0.05, 0.1) is 10.5 Å². The molecule has 1 aromatic carbocycles.